The van der Waals surface area contributed by atoms with Gasteiger partial charge in [-0.15, -0.1) is 0 Å². The van der Waals surface area contributed by atoms with Crippen LogP contribution in [0.15, 0.2) is 67.5 Å². The van der Waals surface area contributed by atoms with Gasteiger partial charge in [-0.3, -0.25) is 9.97 Å². The maximum Gasteiger partial charge on any atom is 0.218 e. The Morgan fingerprint density at radius 3 is 2.00 bits per heavy atom. The van der Waals surface area contributed by atoms with Crippen molar-refractivity contribution in [3.05, 3.63) is 84.5 Å². The number of nitrogens with zero attached hydrogens (tertiary/aromatic N) is 4. The molecule has 3 rings (SSSR count). The van der Waals surface area contributed by atoms with Gasteiger partial charge in [0.25, 0.3) is 0 Å². The summed E-state index contributed by atoms with van der Waals surface area (Å²) in [6.07, 6.45) is 9.86. The lowest BCUT2D eigenvalue weighted by atomic mass is 9.94. The zero-order valence-electron chi connectivity index (χ0n) is 13.4. The maximum absolute atomic E-state index is 12.3. The highest BCUT2D eigenvalue weighted by Gasteiger charge is 2.19. The lowest BCUT2D eigenvalue weighted by Crippen LogP contribution is -2.30. The van der Waals surface area contributed by atoms with Crippen molar-refractivity contribution in [2.75, 3.05) is 6.54 Å². The van der Waals surface area contributed by atoms with Crippen molar-refractivity contribution >= 4 is 10.0 Å². The number of nitrogens with one attached hydrogen (secondary N) is 1. The summed E-state index contributed by atoms with van der Waals surface area (Å²) in [6, 6.07) is 9.12. The molecule has 0 aliphatic heterocycles. The lowest BCUT2D eigenvalue weighted by molar-refractivity contribution is 0.575. The molecule has 0 spiro atoms. The van der Waals surface area contributed by atoms with Gasteiger partial charge in [0.2, 0.25) is 10.0 Å². The Balaban J connectivity index is 1.77. The second kappa shape index (κ2) is 7.91. The molecule has 0 amide bonds. The molecular weight excluding hydrogens is 338 g/mol. The van der Waals surface area contributed by atoms with E-state index in [0.29, 0.717) is 0 Å². The van der Waals surface area contributed by atoms with Crippen LogP contribution in [0.4, 0.5) is 0 Å². The molecule has 0 atom stereocenters. The first-order chi connectivity index (χ1) is 12.1. The Bertz CT molecular complexity index is 851. The minimum atomic E-state index is -3.56. The third-order valence-corrected chi connectivity index (χ3v) is 4.86. The Morgan fingerprint density at radius 1 is 0.880 bits per heavy atom. The van der Waals surface area contributed by atoms with Gasteiger partial charge in [0.15, 0.2) is 0 Å². The van der Waals surface area contributed by atoms with E-state index in [1.807, 2.05) is 24.3 Å². The van der Waals surface area contributed by atoms with Gasteiger partial charge in [-0.05, 0) is 29.3 Å². The van der Waals surface area contributed by atoms with Crippen molar-refractivity contribution in [2.45, 2.75) is 11.7 Å². The molecule has 0 unspecified atom stereocenters. The smallest absolute Gasteiger partial charge is 0.218 e. The summed E-state index contributed by atoms with van der Waals surface area (Å²) in [6.45, 7) is 0.201. The average Bonchev–Trinajstić information content (AvgIpc) is 2.64. The Morgan fingerprint density at radius 2 is 1.48 bits per heavy atom. The third-order valence-electron chi connectivity index (χ3n) is 3.62. The molecule has 0 radical (unpaired) electrons. The molecule has 3 aromatic rings. The Kier molecular flexibility index (Phi) is 5.42. The Labute approximate surface area is 146 Å². The van der Waals surface area contributed by atoms with E-state index in [1.165, 1.54) is 12.4 Å². The number of rotatable bonds is 7. The molecule has 0 aliphatic rings. The molecule has 0 bridgehead atoms. The van der Waals surface area contributed by atoms with Crippen LogP contribution in [-0.4, -0.2) is 34.9 Å². The fraction of sp³-hybridized carbons (Fsp3) is 0.176. The number of pyridine rings is 2. The van der Waals surface area contributed by atoms with Crippen molar-refractivity contribution in [3.8, 4) is 0 Å². The second-order valence-corrected chi connectivity index (χ2v) is 7.20. The predicted octanol–water partition coefficient (Wildman–Crippen LogP) is 1.52. The van der Waals surface area contributed by atoms with Gasteiger partial charge < -0.3 is 0 Å². The van der Waals surface area contributed by atoms with Crippen molar-refractivity contribution < 1.29 is 8.42 Å². The summed E-state index contributed by atoms with van der Waals surface area (Å²) < 4.78 is 27.3. The van der Waals surface area contributed by atoms with Crippen LogP contribution < -0.4 is 4.72 Å². The molecule has 0 aromatic carbocycles. The van der Waals surface area contributed by atoms with Crippen molar-refractivity contribution in [1.29, 1.82) is 0 Å². The van der Waals surface area contributed by atoms with Crippen LogP contribution in [0.3, 0.4) is 0 Å². The van der Waals surface area contributed by atoms with Crippen LogP contribution >= 0.6 is 0 Å². The first-order valence-corrected chi connectivity index (χ1v) is 9.32. The van der Waals surface area contributed by atoms with Gasteiger partial charge in [-0.2, -0.15) is 0 Å². The van der Waals surface area contributed by atoms with Gasteiger partial charge in [-0.25, -0.2) is 23.1 Å². The van der Waals surface area contributed by atoms with E-state index in [1.54, 1.807) is 30.9 Å². The van der Waals surface area contributed by atoms with Crippen molar-refractivity contribution in [3.63, 3.8) is 0 Å². The van der Waals surface area contributed by atoms with Gasteiger partial charge in [0.1, 0.15) is 11.6 Å². The molecular formula is C17H17N5O2S. The van der Waals surface area contributed by atoms with Gasteiger partial charge >= 0.3 is 0 Å². The third kappa shape index (κ3) is 4.88. The monoisotopic (exact) mass is 355 g/mol. The molecule has 25 heavy (non-hydrogen) atoms. The number of hydrogen-bond acceptors (Lipinski definition) is 6. The Hall–Kier alpha value is -2.71. The normalized spacial score (nSPS) is 11.6. The number of aromatic nitrogens is 4. The summed E-state index contributed by atoms with van der Waals surface area (Å²) in [5.41, 5.74) is 1.82. The van der Waals surface area contributed by atoms with Crippen molar-refractivity contribution in [1.82, 2.24) is 24.7 Å². The molecule has 3 heterocycles. The summed E-state index contributed by atoms with van der Waals surface area (Å²) in [7, 11) is -3.56. The van der Waals surface area contributed by atoms with E-state index in [2.05, 4.69) is 24.7 Å². The van der Waals surface area contributed by atoms with E-state index in [0.717, 1.165) is 11.1 Å². The zero-order valence-corrected chi connectivity index (χ0v) is 14.2. The standard InChI is InChI=1S/C17H17N5O2S/c23-25(24,13-17-20-8-3-9-21-17)22-12-16(14-4-1-6-18-10-14)15-5-2-7-19-11-15/h1-11,16,22H,12-13H2. The van der Waals surface area contributed by atoms with Crippen LogP contribution in [0.5, 0.6) is 0 Å². The molecule has 128 valence electrons. The molecule has 7 nitrogen and oxygen atoms in total. The van der Waals surface area contributed by atoms with Gasteiger partial charge in [0, 0.05) is 49.6 Å². The molecule has 8 heteroatoms. The maximum atomic E-state index is 12.3. The lowest BCUT2D eigenvalue weighted by Gasteiger charge is -2.18. The highest BCUT2D eigenvalue weighted by Crippen LogP contribution is 2.22. The molecule has 3 aromatic heterocycles. The van der Waals surface area contributed by atoms with Gasteiger partial charge in [-0.1, -0.05) is 12.1 Å². The highest BCUT2D eigenvalue weighted by molar-refractivity contribution is 7.88. The molecule has 0 fully saturated rings. The fourth-order valence-electron chi connectivity index (χ4n) is 2.43. The molecule has 0 saturated heterocycles. The topological polar surface area (TPSA) is 97.7 Å². The SMILES string of the molecule is O=S(=O)(Cc1ncccn1)NCC(c1cccnc1)c1cccnc1. The van der Waals surface area contributed by atoms with E-state index >= 15 is 0 Å². The second-order valence-electron chi connectivity index (χ2n) is 5.40. The van der Waals surface area contributed by atoms with Gasteiger partial charge in [0.05, 0.1) is 0 Å². The summed E-state index contributed by atoms with van der Waals surface area (Å²) in [5, 5.41) is 0. The van der Waals surface area contributed by atoms with Crippen LogP contribution in [0.1, 0.15) is 22.9 Å². The van der Waals surface area contributed by atoms with E-state index in [4.69, 9.17) is 0 Å². The fourth-order valence-corrected chi connectivity index (χ4v) is 3.44. The van der Waals surface area contributed by atoms with Crippen molar-refractivity contribution in [2.24, 2.45) is 0 Å². The minimum absolute atomic E-state index is 0.186. The summed E-state index contributed by atoms with van der Waals surface area (Å²) in [5.74, 6) is -0.191. The van der Waals surface area contributed by atoms with Crippen LogP contribution in [0, 0.1) is 0 Å². The largest absolute Gasteiger partial charge is 0.264 e. The molecule has 1 N–H and O–H groups in total. The van der Waals surface area contributed by atoms with E-state index in [-0.39, 0.29) is 24.0 Å². The number of sulfonamides is 1. The molecule has 0 saturated carbocycles. The quantitative estimate of drug-likeness (QED) is 0.690. The summed E-state index contributed by atoms with van der Waals surface area (Å²) in [4.78, 5) is 16.2. The average molecular weight is 355 g/mol. The van der Waals surface area contributed by atoms with E-state index < -0.39 is 10.0 Å². The molecule has 0 aliphatic carbocycles. The number of hydrogen-bond donors (Lipinski definition) is 1. The minimum Gasteiger partial charge on any atom is -0.264 e. The van der Waals surface area contributed by atoms with Crippen LogP contribution in [-0.2, 0) is 15.8 Å². The highest BCUT2D eigenvalue weighted by atomic mass is 32.2. The van der Waals surface area contributed by atoms with Crippen LogP contribution in [0.2, 0.25) is 0 Å². The van der Waals surface area contributed by atoms with E-state index in [9.17, 15) is 8.42 Å². The first kappa shape index (κ1) is 17.1. The first-order valence-electron chi connectivity index (χ1n) is 7.67. The predicted molar refractivity (Wildman–Crippen MR) is 93.0 cm³/mol. The van der Waals surface area contributed by atoms with Crippen LogP contribution in [0.25, 0.3) is 0 Å². The zero-order chi connectivity index (χ0) is 17.5. The summed E-state index contributed by atoms with van der Waals surface area (Å²) >= 11 is 0.